The highest BCUT2D eigenvalue weighted by Gasteiger charge is 2.09. The van der Waals surface area contributed by atoms with Crippen molar-refractivity contribution in [3.63, 3.8) is 0 Å². The number of carbonyl (C=O) groups is 1. The van der Waals surface area contributed by atoms with E-state index in [1.54, 1.807) is 30.3 Å². The van der Waals surface area contributed by atoms with Gasteiger partial charge in [-0.1, -0.05) is 29.3 Å². The molecule has 0 bridgehead atoms. The van der Waals surface area contributed by atoms with Gasteiger partial charge in [-0.25, -0.2) is 9.37 Å². The lowest BCUT2D eigenvalue weighted by atomic mass is 10.2. The van der Waals surface area contributed by atoms with Crippen LogP contribution in [-0.4, -0.2) is 10.9 Å². The van der Waals surface area contributed by atoms with Gasteiger partial charge in [0.1, 0.15) is 11.5 Å². The van der Waals surface area contributed by atoms with E-state index in [-0.39, 0.29) is 11.5 Å². The van der Waals surface area contributed by atoms with Crippen LogP contribution in [0.5, 0.6) is 0 Å². The molecule has 3 rings (SSSR count). The quantitative estimate of drug-likeness (QED) is 0.630. The number of aromatic nitrogens is 1. The second-order valence-corrected chi connectivity index (χ2v) is 5.93. The van der Waals surface area contributed by atoms with Crippen molar-refractivity contribution < 1.29 is 9.18 Å². The van der Waals surface area contributed by atoms with Crippen molar-refractivity contribution in [1.82, 2.24) is 4.98 Å². The third-order valence-corrected chi connectivity index (χ3v) is 3.96. The van der Waals surface area contributed by atoms with Gasteiger partial charge in [0.05, 0.1) is 27.6 Å². The zero-order valence-electron chi connectivity index (χ0n) is 12.8. The van der Waals surface area contributed by atoms with Crippen LogP contribution in [0.1, 0.15) is 10.5 Å². The Hall–Kier alpha value is -2.63. The Morgan fingerprint density at radius 3 is 2.16 bits per heavy atom. The van der Waals surface area contributed by atoms with Crippen LogP contribution in [-0.2, 0) is 0 Å². The number of carbonyl (C=O) groups excluding carboxylic acids is 1. The van der Waals surface area contributed by atoms with Gasteiger partial charge in [0.15, 0.2) is 0 Å². The number of nitrogens with one attached hydrogen (secondary N) is 2. The number of hydrogen-bond acceptors (Lipinski definition) is 3. The van der Waals surface area contributed by atoms with Gasteiger partial charge in [-0.3, -0.25) is 4.79 Å². The van der Waals surface area contributed by atoms with Gasteiger partial charge < -0.3 is 10.6 Å². The molecule has 0 radical (unpaired) electrons. The number of hydrogen-bond donors (Lipinski definition) is 2. The summed E-state index contributed by atoms with van der Waals surface area (Å²) < 4.78 is 12.9. The van der Waals surface area contributed by atoms with E-state index in [4.69, 9.17) is 23.2 Å². The molecule has 0 aliphatic rings. The molecular weight excluding hydrogens is 364 g/mol. The molecule has 0 unspecified atom stereocenters. The average molecular weight is 376 g/mol. The normalized spacial score (nSPS) is 10.4. The van der Waals surface area contributed by atoms with E-state index in [1.165, 1.54) is 30.5 Å². The van der Waals surface area contributed by atoms with E-state index in [9.17, 15) is 9.18 Å². The molecule has 1 heterocycles. The molecule has 126 valence electrons. The molecule has 25 heavy (non-hydrogen) atoms. The maximum Gasteiger partial charge on any atom is 0.274 e. The highest BCUT2D eigenvalue weighted by atomic mass is 35.5. The molecule has 0 spiro atoms. The Morgan fingerprint density at radius 2 is 1.56 bits per heavy atom. The first kappa shape index (κ1) is 17.2. The lowest BCUT2D eigenvalue weighted by molar-refractivity contribution is 0.102. The molecule has 2 aromatic carbocycles. The Bertz CT molecular complexity index is 879. The SMILES string of the molecule is O=C(Nc1ccc(F)cc1)c1ccc(Nc2c(Cl)cccc2Cl)cn1. The number of benzene rings is 2. The summed E-state index contributed by atoms with van der Waals surface area (Å²) in [6, 6.07) is 13.9. The minimum Gasteiger partial charge on any atom is -0.352 e. The molecule has 1 aromatic heterocycles. The van der Waals surface area contributed by atoms with Crippen LogP contribution < -0.4 is 10.6 Å². The lowest BCUT2D eigenvalue weighted by Gasteiger charge is -2.10. The van der Waals surface area contributed by atoms with Crippen molar-refractivity contribution in [2.45, 2.75) is 0 Å². The topological polar surface area (TPSA) is 54.0 Å². The van der Waals surface area contributed by atoms with E-state index in [0.29, 0.717) is 27.1 Å². The van der Waals surface area contributed by atoms with Gasteiger partial charge in [-0.15, -0.1) is 0 Å². The van der Waals surface area contributed by atoms with Crippen molar-refractivity contribution in [1.29, 1.82) is 0 Å². The Labute approximate surface area is 153 Å². The number of rotatable bonds is 4. The molecule has 0 aliphatic heterocycles. The molecule has 0 saturated heterocycles. The summed E-state index contributed by atoms with van der Waals surface area (Å²) in [6.45, 7) is 0. The van der Waals surface area contributed by atoms with Crippen LogP contribution in [0.15, 0.2) is 60.8 Å². The van der Waals surface area contributed by atoms with E-state index >= 15 is 0 Å². The molecule has 2 N–H and O–H groups in total. The minimum atomic E-state index is -0.395. The van der Waals surface area contributed by atoms with Crippen molar-refractivity contribution in [3.05, 3.63) is 82.4 Å². The fourth-order valence-electron chi connectivity index (χ4n) is 2.09. The number of amides is 1. The summed E-state index contributed by atoms with van der Waals surface area (Å²) in [4.78, 5) is 16.3. The molecule has 0 fully saturated rings. The Balaban J connectivity index is 1.71. The zero-order valence-corrected chi connectivity index (χ0v) is 14.3. The molecule has 4 nitrogen and oxygen atoms in total. The standard InChI is InChI=1S/C18H12Cl2FN3O/c19-14-2-1-3-15(20)17(14)23-13-8-9-16(22-10-13)18(25)24-12-6-4-11(21)5-7-12/h1-10,23H,(H,24,25). The molecule has 0 aliphatic carbocycles. The van der Waals surface area contributed by atoms with Gasteiger partial charge in [0, 0.05) is 5.69 Å². The zero-order chi connectivity index (χ0) is 17.8. The fraction of sp³-hybridized carbons (Fsp3) is 0. The van der Waals surface area contributed by atoms with Crippen LogP contribution >= 0.6 is 23.2 Å². The van der Waals surface area contributed by atoms with Gasteiger partial charge in [-0.2, -0.15) is 0 Å². The van der Waals surface area contributed by atoms with Crippen molar-refractivity contribution >= 4 is 46.2 Å². The predicted octanol–water partition coefficient (Wildman–Crippen LogP) is 5.52. The van der Waals surface area contributed by atoms with Crippen LogP contribution in [0, 0.1) is 5.82 Å². The molecule has 3 aromatic rings. The molecule has 0 atom stereocenters. The third kappa shape index (κ3) is 4.26. The van der Waals surface area contributed by atoms with Crippen molar-refractivity contribution in [3.8, 4) is 0 Å². The lowest BCUT2D eigenvalue weighted by Crippen LogP contribution is -2.13. The van der Waals surface area contributed by atoms with E-state index in [1.807, 2.05) is 0 Å². The monoisotopic (exact) mass is 375 g/mol. The van der Waals surface area contributed by atoms with Crippen LogP contribution in [0.4, 0.5) is 21.5 Å². The summed E-state index contributed by atoms with van der Waals surface area (Å²) >= 11 is 12.2. The average Bonchev–Trinajstić information content (AvgIpc) is 2.61. The van der Waals surface area contributed by atoms with Crippen molar-refractivity contribution in [2.75, 3.05) is 10.6 Å². The first-order valence-corrected chi connectivity index (χ1v) is 8.02. The van der Waals surface area contributed by atoms with Gasteiger partial charge in [0.25, 0.3) is 5.91 Å². The summed E-state index contributed by atoms with van der Waals surface area (Å²) in [7, 11) is 0. The Morgan fingerprint density at radius 1 is 0.920 bits per heavy atom. The number of pyridine rings is 1. The number of halogens is 3. The maximum absolute atomic E-state index is 12.9. The summed E-state index contributed by atoms with van der Waals surface area (Å²) in [5, 5.41) is 6.66. The molecule has 1 amide bonds. The van der Waals surface area contributed by atoms with Crippen LogP contribution in [0.25, 0.3) is 0 Å². The summed E-state index contributed by atoms with van der Waals surface area (Å²) in [5.41, 5.74) is 1.91. The smallest absolute Gasteiger partial charge is 0.274 e. The predicted molar refractivity (Wildman–Crippen MR) is 98.3 cm³/mol. The van der Waals surface area contributed by atoms with E-state index in [0.717, 1.165) is 0 Å². The van der Waals surface area contributed by atoms with Gasteiger partial charge >= 0.3 is 0 Å². The van der Waals surface area contributed by atoms with Crippen LogP contribution in [0.2, 0.25) is 10.0 Å². The third-order valence-electron chi connectivity index (χ3n) is 3.33. The maximum atomic E-state index is 12.9. The van der Waals surface area contributed by atoms with Crippen LogP contribution in [0.3, 0.4) is 0 Å². The molecular formula is C18H12Cl2FN3O. The highest BCUT2D eigenvalue weighted by Crippen LogP contribution is 2.32. The second-order valence-electron chi connectivity index (χ2n) is 5.11. The summed E-state index contributed by atoms with van der Waals surface area (Å²) in [6.07, 6.45) is 1.50. The van der Waals surface area contributed by atoms with Gasteiger partial charge in [-0.05, 0) is 48.5 Å². The second kappa shape index (κ2) is 7.51. The largest absolute Gasteiger partial charge is 0.352 e. The first-order valence-electron chi connectivity index (χ1n) is 7.27. The molecule has 0 saturated carbocycles. The number of nitrogens with zero attached hydrogens (tertiary/aromatic N) is 1. The number of para-hydroxylation sites is 1. The van der Waals surface area contributed by atoms with E-state index in [2.05, 4.69) is 15.6 Å². The molecule has 7 heteroatoms. The van der Waals surface area contributed by atoms with Gasteiger partial charge in [0.2, 0.25) is 0 Å². The highest BCUT2D eigenvalue weighted by molar-refractivity contribution is 6.39. The number of anilines is 3. The Kier molecular flexibility index (Phi) is 5.16. The fourth-order valence-corrected chi connectivity index (χ4v) is 2.58. The van der Waals surface area contributed by atoms with Crippen molar-refractivity contribution in [2.24, 2.45) is 0 Å². The summed E-state index contributed by atoms with van der Waals surface area (Å²) in [5.74, 6) is -0.765. The minimum absolute atomic E-state index is 0.222. The first-order chi connectivity index (χ1) is 12.0. The van der Waals surface area contributed by atoms with E-state index < -0.39 is 5.91 Å².